The van der Waals surface area contributed by atoms with E-state index in [0.29, 0.717) is 0 Å². The maximum Gasteiger partial charge on any atom is 0.129 e. The highest BCUT2D eigenvalue weighted by Gasteiger charge is 2.30. The molecule has 2 unspecified atom stereocenters. The fraction of sp³-hybridized carbons (Fsp3) is 0.769. The molecule has 2 atom stereocenters. The third-order valence-electron chi connectivity index (χ3n) is 3.64. The van der Waals surface area contributed by atoms with Crippen molar-refractivity contribution in [3.05, 3.63) is 18.2 Å². The molecule has 1 aromatic heterocycles. The lowest BCUT2D eigenvalue weighted by atomic mass is 10.1. The molecular weight excluding hydrogens is 242 g/mol. The summed E-state index contributed by atoms with van der Waals surface area (Å²) in [6, 6.07) is -0.0605. The molecule has 1 aliphatic heterocycles. The molecule has 6 heteroatoms. The number of rotatable bonds is 6. The van der Waals surface area contributed by atoms with Crippen LogP contribution in [0.3, 0.4) is 0 Å². The zero-order chi connectivity index (χ0) is 13.7. The first-order chi connectivity index (χ1) is 9.30. The van der Waals surface area contributed by atoms with E-state index < -0.39 is 0 Å². The highest BCUT2D eigenvalue weighted by atomic mass is 16.5. The standard InChI is InChI=1S/C13H25N5O/c1-3-6-17-8-9-19-11(10-17)12(16-14)13-15-5-7-18(13)4-2/h5,7,11-12,16H,3-4,6,8-10,14H2,1-2H3. The Hall–Kier alpha value is -0.950. The monoisotopic (exact) mass is 267 g/mol. The van der Waals surface area contributed by atoms with E-state index in [9.17, 15) is 0 Å². The molecule has 1 aromatic rings. The first-order valence-corrected chi connectivity index (χ1v) is 7.11. The van der Waals surface area contributed by atoms with Crippen LogP contribution in [0.1, 0.15) is 32.1 Å². The smallest absolute Gasteiger partial charge is 0.129 e. The quantitative estimate of drug-likeness (QED) is 0.581. The van der Waals surface area contributed by atoms with E-state index in [0.717, 1.165) is 45.0 Å². The van der Waals surface area contributed by atoms with Gasteiger partial charge in [0.1, 0.15) is 11.9 Å². The number of hydrazine groups is 1. The molecule has 2 heterocycles. The van der Waals surface area contributed by atoms with Gasteiger partial charge in [-0.05, 0) is 19.9 Å². The number of aryl methyl sites for hydroxylation is 1. The maximum absolute atomic E-state index is 5.89. The highest BCUT2D eigenvalue weighted by molar-refractivity contribution is 5.03. The zero-order valence-corrected chi connectivity index (χ0v) is 11.9. The Morgan fingerprint density at radius 3 is 3.11 bits per heavy atom. The van der Waals surface area contributed by atoms with Gasteiger partial charge in [-0.25, -0.2) is 10.4 Å². The lowest BCUT2D eigenvalue weighted by molar-refractivity contribution is -0.0489. The van der Waals surface area contributed by atoms with Gasteiger partial charge in [-0.15, -0.1) is 0 Å². The van der Waals surface area contributed by atoms with Crippen LogP contribution in [0.25, 0.3) is 0 Å². The molecule has 0 radical (unpaired) electrons. The van der Waals surface area contributed by atoms with Gasteiger partial charge < -0.3 is 9.30 Å². The molecule has 1 fully saturated rings. The van der Waals surface area contributed by atoms with Crippen LogP contribution in [0.15, 0.2) is 12.4 Å². The number of nitrogens with one attached hydrogen (secondary N) is 1. The minimum Gasteiger partial charge on any atom is -0.373 e. The second-order valence-corrected chi connectivity index (χ2v) is 4.93. The Kier molecular flexibility index (Phi) is 5.33. The van der Waals surface area contributed by atoms with Gasteiger partial charge in [0, 0.05) is 32.0 Å². The van der Waals surface area contributed by atoms with Crippen molar-refractivity contribution in [2.45, 2.75) is 39.0 Å². The summed E-state index contributed by atoms with van der Waals surface area (Å²) in [7, 11) is 0. The number of hydrogen-bond acceptors (Lipinski definition) is 5. The van der Waals surface area contributed by atoms with Crippen LogP contribution >= 0.6 is 0 Å². The third-order valence-corrected chi connectivity index (χ3v) is 3.64. The minimum absolute atomic E-state index is 0.0537. The lowest BCUT2D eigenvalue weighted by Gasteiger charge is -2.36. The molecule has 3 N–H and O–H groups in total. The van der Waals surface area contributed by atoms with Gasteiger partial charge in [-0.1, -0.05) is 6.92 Å². The number of imidazole rings is 1. The number of hydrogen-bond donors (Lipinski definition) is 2. The molecule has 108 valence electrons. The van der Waals surface area contributed by atoms with Crippen molar-refractivity contribution in [3.8, 4) is 0 Å². The first-order valence-electron chi connectivity index (χ1n) is 7.11. The summed E-state index contributed by atoms with van der Waals surface area (Å²) < 4.78 is 8.00. The number of morpholine rings is 1. The molecule has 1 aliphatic rings. The van der Waals surface area contributed by atoms with Crippen molar-refractivity contribution in [1.82, 2.24) is 19.9 Å². The van der Waals surface area contributed by atoms with E-state index in [1.165, 1.54) is 0 Å². The summed E-state index contributed by atoms with van der Waals surface area (Å²) in [6.45, 7) is 8.97. The number of ether oxygens (including phenoxy) is 1. The van der Waals surface area contributed by atoms with Crippen LogP contribution in [0.5, 0.6) is 0 Å². The molecular formula is C13H25N5O. The predicted molar refractivity (Wildman–Crippen MR) is 74.4 cm³/mol. The third kappa shape index (κ3) is 3.33. The minimum atomic E-state index is -0.0605. The van der Waals surface area contributed by atoms with Gasteiger partial charge in [0.05, 0.1) is 12.7 Å². The summed E-state index contributed by atoms with van der Waals surface area (Å²) in [4.78, 5) is 6.85. The molecule has 0 aromatic carbocycles. The van der Waals surface area contributed by atoms with Crippen LogP contribution in [-0.4, -0.2) is 46.8 Å². The Labute approximate surface area is 114 Å². The molecule has 2 rings (SSSR count). The fourth-order valence-corrected chi connectivity index (χ4v) is 2.67. The Balaban J connectivity index is 2.08. The number of aromatic nitrogens is 2. The van der Waals surface area contributed by atoms with Gasteiger partial charge in [0.15, 0.2) is 0 Å². The average Bonchev–Trinajstić information content (AvgIpc) is 2.89. The fourth-order valence-electron chi connectivity index (χ4n) is 2.67. The van der Waals surface area contributed by atoms with Crippen LogP contribution in [0.4, 0.5) is 0 Å². The topological polar surface area (TPSA) is 68.3 Å². The van der Waals surface area contributed by atoms with Gasteiger partial charge in [-0.2, -0.15) is 0 Å². The van der Waals surface area contributed by atoms with Gasteiger partial charge in [-0.3, -0.25) is 10.7 Å². The summed E-state index contributed by atoms with van der Waals surface area (Å²) in [5.74, 6) is 6.69. The van der Waals surface area contributed by atoms with Crippen molar-refractivity contribution < 1.29 is 4.74 Å². The molecule has 0 amide bonds. The van der Waals surface area contributed by atoms with E-state index in [1.807, 2.05) is 12.4 Å². The highest BCUT2D eigenvalue weighted by Crippen LogP contribution is 2.21. The van der Waals surface area contributed by atoms with E-state index in [-0.39, 0.29) is 12.1 Å². The number of nitrogens with two attached hydrogens (primary N) is 1. The Bertz CT molecular complexity index is 379. The summed E-state index contributed by atoms with van der Waals surface area (Å²) in [5.41, 5.74) is 2.88. The predicted octanol–water partition coefficient (Wildman–Crippen LogP) is 0.518. The average molecular weight is 267 g/mol. The van der Waals surface area contributed by atoms with E-state index in [2.05, 4.69) is 33.7 Å². The largest absolute Gasteiger partial charge is 0.373 e. The van der Waals surface area contributed by atoms with Crippen molar-refractivity contribution in [2.24, 2.45) is 5.84 Å². The van der Waals surface area contributed by atoms with Crippen molar-refractivity contribution in [3.63, 3.8) is 0 Å². The maximum atomic E-state index is 5.89. The summed E-state index contributed by atoms with van der Waals surface area (Å²) in [5, 5.41) is 0. The van der Waals surface area contributed by atoms with Crippen LogP contribution < -0.4 is 11.3 Å². The molecule has 19 heavy (non-hydrogen) atoms. The van der Waals surface area contributed by atoms with Crippen LogP contribution in [0.2, 0.25) is 0 Å². The second-order valence-electron chi connectivity index (χ2n) is 4.93. The Morgan fingerprint density at radius 1 is 1.58 bits per heavy atom. The van der Waals surface area contributed by atoms with Crippen LogP contribution in [0, 0.1) is 0 Å². The molecule has 6 nitrogen and oxygen atoms in total. The van der Waals surface area contributed by atoms with Crippen molar-refractivity contribution >= 4 is 0 Å². The molecule has 0 spiro atoms. The molecule has 0 aliphatic carbocycles. The molecule has 0 saturated carbocycles. The summed E-state index contributed by atoms with van der Waals surface area (Å²) >= 11 is 0. The second kappa shape index (κ2) is 7.00. The van der Waals surface area contributed by atoms with E-state index in [4.69, 9.17) is 10.6 Å². The summed E-state index contributed by atoms with van der Waals surface area (Å²) in [6.07, 6.45) is 5.01. The van der Waals surface area contributed by atoms with Gasteiger partial charge >= 0.3 is 0 Å². The van der Waals surface area contributed by atoms with E-state index >= 15 is 0 Å². The van der Waals surface area contributed by atoms with Crippen molar-refractivity contribution in [1.29, 1.82) is 0 Å². The van der Waals surface area contributed by atoms with Crippen LogP contribution in [-0.2, 0) is 11.3 Å². The van der Waals surface area contributed by atoms with Gasteiger partial charge in [0.2, 0.25) is 0 Å². The first kappa shape index (κ1) is 14.5. The zero-order valence-electron chi connectivity index (χ0n) is 11.9. The van der Waals surface area contributed by atoms with E-state index in [1.54, 1.807) is 0 Å². The van der Waals surface area contributed by atoms with Gasteiger partial charge in [0.25, 0.3) is 0 Å². The molecule has 0 bridgehead atoms. The Morgan fingerprint density at radius 2 is 2.42 bits per heavy atom. The lowest BCUT2D eigenvalue weighted by Crippen LogP contribution is -2.50. The molecule has 1 saturated heterocycles. The number of nitrogens with zero attached hydrogens (tertiary/aromatic N) is 3. The normalized spacial score (nSPS) is 22.6. The van der Waals surface area contributed by atoms with Crippen molar-refractivity contribution in [2.75, 3.05) is 26.2 Å². The SMILES string of the molecule is CCCN1CCOC(C(NN)c2nccn2CC)C1.